The summed E-state index contributed by atoms with van der Waals surface area (Å²) < 4.78 is 48.8. The standard InChI is InChI=1S/C19H17F3N2O4S/c1-27-11-4-5-14(28-2)12(8-11)23-17(25)9-16-18(26)24-13-7-10(19(20,21)22)3-6-15(13)29-16/h3-8,16H,9H2,1-2H3,(H,23,25)(H,24,26). The topological polar surface area (TPSA) is 76.7 Å². The molecule has 0 fully saturated rings. The molecule has 2 amide bonds. The quantitative estimate of drug-likeness (QED) is 0.751. The van der Waals surface area contributed by atoms with Gasteiger partial charge in [-0.3, -0.25) is 9.59 Å². The number of carbonyl (C=O) groups is 2. The van der Waals surface area contributed by atoms with E-state index in [4.69, 9.17) is 9.47 Å². The fourth-order valence-corrected chi connectivity index (χ4v) is 3.83. The minimum Gasteiger partial charge on any atom is -0.497 e. The Kier molecular flexibility index (Phi) is 5.92. The third-order valence-electron chi connectivity index (χ3n) is 4.18. The van der Waals surface area contributed by atoms with Gasteiger partial charge in [-0.05, 0) is 30.3 Å². The van der Waals surface area contributed by atoms with Crippen molar-refractivity contribution >= 4 is 35.0 Å². The van der Waals surface area contributed by atoms with Crippen LogP contribution >= 0.6 is 11.8 Å². The highest BCUT2D eigenvalue weighted by Gasteiger charge is 2.34. The van der Waals surface area contributed by atoms with Crippen molar-refractivity contribution in [2.45, 2.75) is 22.7 Å². The van der Waals surface area contributed by atoms with Crippen LogP contribution in [0.3, 0.4) is 0 Å². The number of hydrogen-bond donors (Lipinski definition) is 2. The molecule has 2 aromatic rings. The summed E-state index contributed by atoms with van der Waals surface area (Å²) in [5, 5.41) is 4.34. The number of nitrogens with one attached hydrogen (secondary N) is 2. The van der Waals surface area contributed by atoms with Crippen LogP contribution in [0.25, 0.3) is 0 Å². The van der Waals surface area contributed by atoms with Gasteiger partial charge in [-0.25, -0.2) is 0 Å². The van der Waals surface area contributed by atoms with Gasteiger partial charge in [0.1, 0.15) is 11.5 Å². The number of methoxy groups -OCH3 is 2. The highest BCUT2D eigenvalue weighted by molar-refractivity contribution is 8.01. The molecular formula is C19H17F3N2O4S. The van der Waals surface area contributed by atoms with E-state index in [1.807, 2.05) is 0 Å². The number of anilines is 2. The Labute approximate surface area is 168 Å². The highest BCUT2D eigenvalue weighted by Crippen LogP contribution is 2.40. The average molecular weight is 426 g/mol. The first kappa shape index (κ1) is 20.8. The third-order valence-corrected chi connectivity index (χ3v) is 5.45. The predicted molar refractivity (Wildman–Crippen MR) is 103 cm³/mol. The maximum Gasteiger partial charge on any atom is 0.416 e. The normalized spacial score (nSPS) is 15.9. The molecule has 0 spiro atoms. The van der Waals surface area contributed by atoms with Crippen molar-refractivity contribution in [3.05, 3.63) is 42.0 Å². The van der Waals surface area contributed by atoms with Crippen molar-refractivity contribution in [1.29, 1.82) is 0 Å². The van der Waals surface area contributed by atoms with Crippen LogP contribution in [0.5, 0.6) is 11.5 Å². The van der Waals surface area contributed by atoms with Crippen molar-refractivity contribution in [2.24, 2.45) is 0 Å². The Hall–Kier alpha value is -2.88. The molecule has 2 aromatic carbocycles. The maximum atomic E-state index is 12.8. The molecule has 29 heavy (non-hydrogen) atoms. The Morgan fingerprint density at radius 2 is 1.93 bits per heavy atom. The van der Waals surface area contributed by atoms with Crippen LogP contribution in [-0.2, 0) is 15.8 Å². The molecule has 0 bridgehead atoms. The van der Waals surface area contributed by atoms with E-state index in [-0.39, 0.29) is 12.1 Å². The first-order valence-electron chi connectivity index (χ1n) is 8.42. The first-order valence-corrected chi connectivity index (χ1v) is 9.30. The van der Waals surface area contributed by atoms with Crippen LogP contribution in [0.2, 0.25) is 0 Å². The third kappa shape index (κ3) is 4.76. The summed E-state index contributed by atoms with van der Waals surface area (Å²) >= 11 is 1.04. The molecule has 0 radical (unpaired) electrons. The van der Waals surface area contributed by atoms with E-state index in [1.54, 1.807) is 18.2 Å². The fourth-order valence-electron chi connectivity index (χ4n) is 2.74. The molecule has 1 aliphatic heterocycles. The molecule has 0 saturated carbocycles. The van der Waals surface area contributed by atoms with E-state index in [2.05, 4.69) is 10.6 Å². The van der Waals surface area contributed by atoms with Gasteiger partial charge < -0.3 is 20.1 Å². The SMILES string of the molecule is COc1ccc(OC)c(NC(=O)CC2Sc3ccc(C(F)(F)F)cc3NC2=O)c1. The molecular weight excluding hydrogens is 409 g/mol. The van der Waals surface area contributed by atoms with Gasteiger partial charge in [-0.1, -0.05) is 0 Å². The Bertz CT molecular complexity index is 950. The number of thioether (sulfide) groups is 1. The smallest absolute Gasteiger partial charge is 0.416 e. The number of ether oxygens (including phenoxy) is 2. The predicted octanol–water partition coefficient (Wildman–Crippen LogP) is 4.16. The largest absolute Gasteiger partial charge is 0.497 e. The lowest BCUT2D eigenvalue weighted by Gasteiger charge is -2.24. The summed E-state index contributed by atoms with van der Waals surface area (Å²) in [6.07, 6.45) is -4.67. The van der Waals surface area contributed by atoms with Gasteiger partial charge in [0.25, 0.3) is 0 Å². The van der Waals surface area contributed by atoms with Gasteiger partial charge in [0.05, 0.1) is 36.4 Å². The Morgan fingerprint density at radius 1 is 1.17 bits per heavy atom. The summed E-state index contributed by atoms with van der Waals surface area (Å²) in [5.41, 5.74) is -0.382. The second-order valence-electron chi connectivity index (χ2n) is 6.12. The summed E-state index contributed by atoms with van der Waals surface area (Å²) in [6.45, 7) is 0. The highest BCUT2D eigenvalue weighted by atomic mass is 32.2. The van der Waals surface area contributed by atoms with E-state index in [9.17, 15) is 22.8 Å². The molecule has 1 unspecified atom stereocenters. The number of alkyl halides is 3. The van der Waals surface area contributed by atoms with Crippen LogP contribution in [-0.4, -0.2) is 31.3 Å². The first-order chi connectivity index (χ1) is 13.7. The molecule has 1 heterocycles. The lowest BCUT2D eigenvalue weighted by atomic mass is 10.1. The van der Waals surface area contributed by atoms with E-state index >= 15 is 0 Å². The van der Waals surface area contributed by atoms with Crippen LogP contribution in [0.1, 0.15) is 12.0 Å². The van der Waals surface area contributed by atoms with Gasteiger partial charge in [-0.2, -0.15) is 13.2 Å². The molecule has 2 N–H and O–H groups in total. The lowest BCUT2D eigenvalue weighted by molar-refractivity contribution is -0.137. The number of hydrogen-bond acceptors (Lipinski definition) is 5. The van der Waals surface area contributed by atoms with Crippen LogP contribution in [0.15, 0.2) is 41.3 Å². The molecule has 154 valence electrons. The molecule has 6 nitrogen and oxygen atoms in total. The zero-order chi connectivity index (χ0) is 21.2. The van der Waals surface area contributed by atoms with Gasteiger partial charge in [-0.15, -0.1) is 11.8 Å². The van der Waals surface area contributed by atoms with Crippen LogP contribution < -0.4 is 20.1 Å². The minimum absolute atomic E-state index is 0.0842. The number of fused-ring (bicyclic) bond motifs is 1. The fraction of sp³-hybridized carbons (Fsp3) is 0.263. The van der Waals surface area contributed by atoms with Gasteiger partial charge in [0.2, 0.25) is 11.8 Å². The molecule has 0 aromatic heterocycles. The summed E-state index contributed by atoms with van der Waals surface area (Å²) in [5.74, 6) is -0.0423. The maximum absolute atomic E-state index is 12.8. The zero-order valence-corrected chi connectivity index (χ0v) is 16.2. The minimum atomic E-state index is -4.50. The number of carbonyl (C=O) groups excluding carboxylic acids is 2. The van der Waals surface area contributed by atoms with E-state index in [1.165, 1.54) is 20.3 Å². The molecule has 10 heteroatoms. The number of rotatable bonds is 5. The van der Waals surface area contributed by atoms with Crippen molar-refractivity contribution in [3.63, 3.8) is 0 Å². The van der Waals surface area contributed by atoms with E-state index in [0.29, 0.717) is 22.1 Å². The monoisotopic (exact) mass is 426 g/mol. The second-order valence-corrected chi connectivity index (χ2v) is 7.37. The van der Waals surface area contributed by atoms with Crippen LogP contribution in [0, 0.1) is 0 Å². The molecule has 0 saturated heterocycles. The molecule has 0 aliphatic carbocycles. The van der Waals surface area contributed by atoms with E-state index in [0.717, 1.165) is 23.9 Å². The van der Waals surface area contributed by atoms with Gasteiger partial charge in [0, 0.05) is 17.4 Å². The lowest BCUT2D eigenvalue weighted by Crippen LogP contribution is -2.32. The summed E-state index contributed by atoms with van der Waals surface area (Å²) in [4.78, 5) is 25.2. The Morgan fingerprint density at radius 3 is 2.59 bits per heavy atom. The molecule has 1 aliphatic rings. The Balaban J connectivity index is 1.72. The zero-order valence-electron chi connectivity index (χ0n) is 15.4. The molecule has 1 atom stereocenters. The molecule has 3 rings (SSSR count). The second kappa shape index (κ2) is 8.24. The average Bonchev–Trinajstić information content (AvgIpc) is 2.67. The van der Waals surface area contributed by atoms with Crippen molar-refractivity contribution < 1.29 is 32.2 Å². The van der Waals surface area contributed by atoms with Crippen molar-refractivity contribution in [1.82, 2.24) is 0 Å². The van der Waals surface area contributed by atoms with E-state index < -0.39 is 28.8 Å². The number of halogens is 3. The summed E-state index contributed by atoms with van der Waals surface area (Å²) in [6, 6.07) is 8.01. The summed E-state index contributed by atoms with van der Waals surface area (Å²) in [7, 11) is 2.94. The van der Waals surface area contributed by atoms with Gasteiger partial charge >= 0.3 is 6.18 Å². The van der Waals surface area contributed by atoms with Crippen LogP contribution in [0.4, 0.5) is 24.5 Å². The van der Waals surface area contributed by atoms with Gasteiger partial charge in [0.15, 0.2) is 0 Å². The number of benzene rings is 2. The van der Waals surface area contributed by atoms with Crippen molar-refractivity contribution in [3.8, 4) is 11.5 Å². The van der Waals surface area contributed by atoms with Crippen molar-refractivity contribution in [2.75, 3.05) is 24.9 Å². The number of amides is 2.